The van der Waals surface area contributed by atoms with Gasteiger partial charge in [-0.1, -0.05) is 11.6 Å². The lowest BCUT2D eigenvalue weighted by Crippen LogP contribution is -2.21. The van der Waals surface area contributed by atoms with Gasteiger partial charge in [-0.25, -0.2) is 0 Å². The van der Waals surface area contributed by atoms with Gasteiger partial charge in [0.25, 0.3) is 11.8 Å². The van der Waals surface area contributed by atoms with Gasteiger partial charge in [0.05, 0.1) is 16.2 Å². The van der Waals surface area contributed by atoms with E-state index in [4.69, 9.17) is 5.73 Å². The van der Waals surface area contributed by atoms with Crippen LogP contribution >= 0.6 is 11.8 Å². The number of rotatable bonds is 0. The number of amides is 2. The third-order valence-electron chi connectivity index (χ3n) is 3.14. The van der Waals surface area contributed by atoms with Crippen LogP contribution in [0, 0.1) is 6.92 Å². The standard InChI is InChI=1S/C13H11N3O2S/c1-6-3-4-8-7(5-6)9(12(18)16(8)2)10-11(17)15-13(14)19-10/h3-5H,1-2H3,(H2,14,15,17)/b10-9-. The van der Waals surface area contributed by atoms with Gasteiger partial charge in [-0.2, -0.15) is 4.99 Å². The number of carbonyl (C=O) groups is 2. The van der Waals surface area contributed by atoms with Gasteiger partial charge in [-0.05, 0) is 30.8 Å². The monoisotopic (exact) mass is 273 g/mol. The highest BCUT2D eigenvalue weighted by Crippen LogP contribution is 2.42. The van der Waals surface area contributed by atoms with Crippen molar-refractivity contribution in [2.75, 3.05) is 11.9 Å². The van der Waals surface area contributed by atoms with Crippen molar-refractivity contribution in [1.82, 2.24) is 0 Å². The number of thioether (sulfide) groups is 1. The zero-order valence-electron chi connectivity index (χ0n) is 10.4. The van der Waals surface area contributed by atoms with Gasteiger partial charge in [0.2, 0.25) is 0 Å². The molecule has 96 valence electrons. The molecule has 2 amide bonds. The highest BCUT2D eigenvalue weighted by Gasteiger charge is 2.36. The summed E-state index contributed by atoms with van der Waals surface area (Å²) in [4.78, 5) is 29.6. The molecule has 2 aliphatic heterocycles. The Morgan fingerprint density at radius 1 is 1.32 bits per heavy atom. The number of amidine groups is 1. The number of fused-ring (bicyclic) bond motifs is 1. The number of nitrogens with zero attached hydrogens (tertiary/aromatic N) is 2. The summed E-state index contributed by atoms with van der Waals surface area (Å²) in [5.41, 5.74) is 8.56. The van der Waals surface area contributed by atoms with E-state index in [-0.39, 0.29) is 11.1 Å². The van der Waals surface area contributed by atoms with Crippen LogP contribution in [-0.2, 0) is 9.59 Å². The van der Waals surface area contributed by atoms with E-state index < -0.39 is 5.91 Å². The molecule has 2 N–H and O–H groups in total. The Labute approximate surface area is 114 Å². The molecule has 1 aromatic carbocycles. The van der Waals surface area contributed by atoms with Crippen molar-refractivity contribution >= 4 is 40.0 Å². The quantitative estimate of drug-likeness (QED) is 0.722. The van der Waals surface area contributed by atoms with Gasteiger partial charge in [0.1, 0.15) is 0 Å². The van der Waals surface area contributed by atoms with Crippen LogP contribution in [0.15, 0.2) is 28.1 Å². The summed E-state index contributed by atoms with van der Waals surface area (Å²) in [6.45, 7) is 1.94. The summed E-state index contributed by atoms with van der Waals surface area (Å²) in [5, 5.41) is 0.184. The molecule has 3 rings (SSSR count). The average molecular weight is 273 g/mol. The number of benzene rings is 1. The molecule has 0 radical (unpaired) electrons. The fourth-order valence-corrected chi connectivity index (χ4v) is 3.00. The molecule has 0 aliphatic carbocycles. The first kappa shape index (κ1) is 12.0. The Hall–Kier alpha value is -2.08. The number of hydrogen-bond donors (Lipinski definition) is 1. The van der Waals surface area contributed by atoms with E-state index in [0.717, 1.165) is 28.6 Å². The number of carbonyl (C=O) groups excluding carboxylic acids is 2. The van der Waals surface area contributed by atoms with Crippen LogP contribution in [0.3, 0.4) is 0 Å². The van der Waals surface area contributed by atoms with Gasteiger partial charge in [-0.15, -0.1) is 0 Å². The summed E-state index contributed by atoms with van der Waals surface area (Å²) in [7, 11) is 1.69. The lowest BCUT2D eigenvalue weighted by atomic mass is 10.0. The van der Waals surface area contributed by atoms with Crippen LogP contribution in [0.5, 0.6) is 0 Å². The molecule has 2 heterocycles. The second kappa shape index (κ2) is 3.96. The van der Waals surface area contributed by atoms with E-state index in [0.29, 0.717) is 10.5 Å². The van der Waals surface area contributed by atoms with Gasteiger partial charge >= 0.3 is 0 Å². The molecular weight excluding hydrogens is 262 g/mol. The first-order valence-corrected chi connectivity index (χ1v) is 6.50. The number of aryl methyl sites for hydroxylation is 1. The molecule has 0 aromatic heterocycles. The van der Waals surface area contributed by atoms with Crippen molar-refractivity contribution < 1.29 is 9.59 Å². The number of anilines is 1. The van der Waals surface area contributed by atoms with Gasteiger partial charge in [0.15, 0.2) is 5.17 Å². The van der Waals surface area contributed by atoms with Crippen molar-refractivity contribution in [3.05, 3.63) is 34.2 Å². The zero-order valence-corrected chi connectivity index (χ0v) is 11.2. The summed E-state index contributed by atoms with van der Waals surface area (Å²) in [5.74, 6) is -0.630. The third-order valence-corrected chi connectivity index (χ3v) is 4.02. The molecular formula is C13H11N3O2S. The minimum absolute atomic E-state index is 0.184. The van der Waals surface area contributed by atoms with Crippen molar-refractivity contribution in [2.24, 2.45) is 10.7 Å². The largest absolute Gasteiger partial charge is 0.378 e. The molecule has 2 aliphatic rings. The molecule has 0 saturated heterocycles. The van der Waals surface area contributed by atoms with Crippen molar-refractivity contribution in [1.29, 1.82) is 0 Å². The lowest BCUT2D eigenvalue weighted by molar-refractivity contribution is -0.115. The first-order chi connectivity index (χ1) is 8.99. The fraction of sp³-hybridized carbons (Fsp3) is 0.154. The molecule has 6 heteroatoms. The summed E-state index contributed by atoms with van der Waals surface area (Å²) in [6, 6.07) is 5.72. The maximum absolute atomic E-state index is 12.3. The molecule has 5 nitrogen and oxygen atoms in total. The zero-order chi connectivity index (χ0) is 13.7. The normalized spacial score (nSPS) is 22.0. The Bertz CT molecular complexity index is 691. The van der Waals surface area contributed by atoms with E-state index in [9.17, 15) is 9.59 Å². The SMILES string of the molecule is Cc1ccc2c(c1)/C(=C1/SC(N)=NC1=O)C(=O)N2C. The average Bonchev–Trinajstić information content (AvgIpc) is 2.78. The van der Waals surface area contributed by atoms with Crippen molar-refractivity contribution in [3.8, 4) is 0 Å². The maximum atomic E-state index is 12.3. The number of hydrogen-bond acceptors (Lipinski definition) is 4. The van der Waals surface area contributed by atoms with Crippen LogP contribution in [0.25, 0.3) is 5.57 Å². The van der Waals surface area contributed by atoms with Gasteiger partial charge < -0.3 is 10.6 Å². The lowest BCUT2D eigenvalue weighted by Gasteiger charge is -2.08. The predicted molar refractivity (Wildman–Crippen MR) is 75.7 cm³/mol. The van der Waals surface area contributed by atoms with E-state index >= 15 is 0 Å². The number of likely N-dealkylation sites (N-methyl/N-ethyl adjacent to an activating group) is 1. The van der Waals surface area contributed by atoms with E-state index in [1.807, 2.05) is 25.1 Å². The molecule has 0 unspecified atom stereocenters. The summed E-state index contributed by atoms with van der Waals surface area (Å²) < 4.78 is 0. The molecule has 0 spiro atoms. The van der Waals surface area contributed by atoms with E-state index in [2.05, 4.69) is 4.99 Å². The topological polar surface area (TPSA) is 75.8 Å². The van der Waals surface area contributed by atoms with Gasteiger partial charge in [-0.3, -0.25) is 9.59 Å². The molecule has 1 aromatic rings. The van der Waals surface area contributed by atoms with Crippen LogP contribution in [-0.4, -0.2) is 24.0 Å². The Morgan fingerprint density at radius 2 is 2.05 bits per heavy atom. The van der Waals surface area contributed by atoms with Gasteiger partial charge in [0, 0.05) is 12.6 Å². The minimum Gasteiger partial charge on any atom is -0.378 e. The Morgan fingerprint density at radius 3 is 2.68 bits per heavy atom. The van der Waals surface area contributed by atoms with Crippen LogP contribution in [0.2, 0.25) is 0 Å². The minimum atomic E-state index is -0.436. The molecule has 19 heavy (non-hydrogen) atoms. The molecule has 0 saturated carbocycles. The summed E-state index contributed by atoms with van der Waals surface area (Å²) in [6.07, 6.45) is 0. The Kier molecular flexibility index (Phi) is 2.50. The number of aliphatic imine (C=N–C) groups is 1. The summed E-state index contributed by atoms with van der Waals surface area (Å²) >= 11 is 1.06. The second-order valence-corrected chi connectivity index (χ2v) is 5.48. The molecule has 0 atom stereocenters. The van der Waals surface area contributed by atoms with Crippen LogP contribution in [0.4, 0.5) is 5.69 Å². The fourth-order valence-electron chi connectivity index (χ4n) is 2.23. The van der Waals surface area contributed by atoms with E-state index in [1.54, 1.807) is 11.9 Å². The molecule has 0 fully saturated rings. The van der Waals surface area contributed by atoms with Crippen LogP contribution in [0.1, 0.15) is 11.1 Å². The number of nitrogens with two attached hydrogens (primary N) is 1. The smallest absolute Gasteiger partial charge is 0.287 e. The van der Waals surface area contributed by atoms with E-state index in [1.165, 1.54) is 0 Å². The first-order valence-electron chi connectivity index (χ1n) is 5.68. The molecule has 0 bridgehead atoms. The van der Waals surface area contributed by atoms with Crippen molar-refractivity contribution in [3.63, 3.8) is 0 Å². The van der Waals surface area contributed by atoms with Crippen molar-refractivity contribution in [2.45, 2.75) is 6.92 Å². The predicted octanol–water partition coefficient (Wildman–Crippen LogP) is 1.27. The third kappa shape index (κ3) is 1.67. The second-order valence-electron chi connectivity index (χ2n) is 4.45. The highest BCUT2D eigenvalue weighted by molar-refractivity contribution is 8.18. The maximum Gasteiger partial charge on any atom is 0.287 e. The Balaban J connectivity index is 2.25. The van der Waals surface area contributed by atoms with Crippen LogP contribution < -0.4 is 10.6 Å². The highest BCUT2D eigenvalue weighted by atomic mass is 32.2.